The first-order valence-electron chi connectivity index (χ1n) is 15.7. The van der Waals surface area contributed by atoms with Crippen LogP contribution in [0.4, 0.5) is 0 Å². The van der Waals surface area contributed by atoms with Crippen LogP contribution >= 0.6 is 0 Å². The molecular formula is C33H47NO12. The summed E-state index contributed by atoms with van der Waals surface area (Å²) in [5, 5.41) is 66.7. The maximum Gasteiger partial charge on any atom is 0.333 e. The maximum absolute atomic E-state index is 12.5. The van der Waals surface area contributed by atoms with E-state index < -0.39 is 78.7 Å². The van der Waals surface area contributed by atoms with E-state index in [1.54, 1.807) is 13.0 Å². The molecule has 1 fully saturated rings. The fourth-order valence-electron chi connectivity index (χ4n) is 7.05. The van der Waals surface area contributed by atoms with Crippen molar-refractivity contribution < 1.29 is 59.2 Å². The summed E-state index contributed by atoms with van der Waals surface area (Å²) in [6.45, 7) is 7.61. The van der Waals surface area contributed by atoms with Gasteiger partial charge in [-0.3, -0.25) is 4.79 Å². The Balaban J connectivity index is 1.82. The number of H-pyrrole nitrogens is 1. The molecule has 8 atom stereocenters. The van der Waals surface area contributed by atoms with Crippen molar-refractivity contribution in [2.24, 2.45) is 11.8 Å². The molecule has 1 aromatic rings. The van der Waals surface area contributed by atoms with Crippen molar-refractivity contribution in [2.45, 2.75) is 94.1 Å². The Bertz CT molecular complexity index is 1450. The molecule has 46 heavy (non-hydrogen) atoms. The molecule has 8 unspecified atom stereocenters. The molecule has 3 aliphatic rings. The van der Waals surface area contributed by atoms with Crippen LogP contribution in [0, 0.1) is 11.8 Å². The lowest BCUT2D eigenvalue weighted by atomic mass is 9.69. The number of aliphatic carboxylic acids is 1. The van der Waals surface area contributed by atoms with Gasteiger partial charge in [-0.15, -0.1) is 6.58 Å². The number of aromatic amines is 1. The third-order valence-corrected chi connectivity index (χ3v) is 9.59. The van der Waals surface area contributed by atoms with Gasteiger partial charge < -0.3 is 54.6 Å². The minimum Gasteiger partial charge on any atom is -0.481 e. The summed E-state index contributed by atoms with van der Waals surface area (Å²) in [7, 11) is 1.19. The summed E-state index contributed by atoms with van der Waals surface area (Å²) >= 11 is 0. The van der Waals surface area contributed by atoms with Gasteiger partial charge in [-0.05, 0) is 37.3 Å². The van der Waals surface area contributed by atoms with E-state index in [2.05, 4.69) is 11.6 Å². The summed E-state index contributed by atoms with van der Waals surface area (Å²) in [6.07, 6.45) is 0.318. The zero-order valence-corrected chi connectivity index (χ0v) is 26.8. The highest BCUT2D eigenvalue weighted by molar-refractivity contribution is 5.90. The van der Waals surface area contributed by atoms with Gasteiger partial charge in [0.2, 0.25) is 5.79 Å². The Morgan fingerprint density at radius 3 is 2.52 bits per heavy atom. The molecule has 0 saturated carbocycles. The molecule has 1 spiro atoms. The molecule has 13 nitrogen and oxygen atoms in total. The zero-order valence-electron chi connectivity index (χ0n) is 26.8. The molecule has 2 aliphatic heterocycles. The SMILES string of the molecule is C=CC1C(OC2(CO)OC(CO)C3(C=c4cc(C(C)C)[nH]c4=C(CCCO)O3)C(O)C2(O)CC)CC=C(C(=O)OC)C1CC(=O)O. The smallest absolute Gasteiger partial charge is 0.333 e. The number of aliphatic hydroxyl groups is 5. The predicted molar refractivity (Wildman–Crippen MR) is 164 cm³/mol. The summed E-state index contributed by atoms with van der Waals surface area (Å²) in [5.41, 5.74) is -3.17. The summed E-state index contributed by atoms with van der Waals surface area (Å²) < 4.78 is 24.1. The van der Waals surface area contributed by atoms with Crippen LogP contribution in [0.2, 0.25) is 0 Å². The number of ether oxygens (including phenoxy) is 4. The van der Waals surface area contributed by atoms with Gasteiger partial charge in [0.05, 0.1) is 31.6 Å². The van der Waals surface area contributed by atoms with Gasteiger partial charge >= 0.3 is 11.9 Å². The van der Waals surface area contributed by atoms with Crippen LogP contribution in [0.3, 0.4) is 0 Å². The molecule has 1 saturated heterocycles. The van der Waals surface area contributed by atoms with E-state index in [9.17, 15) is 40.2 Å². The number of fused-ring (bicyclic) bond motifs is 1. The molecular weight excluding hydrogens is 602 g/mol. The fourth-order valence-corrected chi connectivity index (χ4v) is 7.05. The van der Waals surface area contributed by atoms with Gasteiger partial charge in [-0.1, -0.05) is 32.9 Å². The average molecular weight is 650 g/mol. The number of nitrogens with one attached hydrogen (secondary N) is 1. The Labute approximate surface area is 267 Å². The van der Waals surface area contributed by atoms with Crippen LogP contribution in [0.5, 0.6) is 0 Å². The molecule has 4 rings (SSSR count). The average Bonchev–Trinajstić information content (AvgIpc) is 3.48. The van der Waals surface area contributed by atoms with Crippen molar-refractivity contribution in [3.63, 3.8) is 0 Å². The maximum atomic E-state index is 12.5. The molecule has 0 radical (unpaired) electrons. The van der Waals surface area contributed by atoms with E-state index in [4.69, 9.17) is 18.9 Å². The van der Waals surface area contributed by atoms with Crippen molar-refractivity contribution >= 4 is 23.8 Å². The van der Waals surface area contributed by atoms with Crippen LogP contribution < -0.4 is 10.6 Å². The largest absolute Gasteiger partial charge is 0.481 e. The van der Waals surface area contributed by atoms with E-state index >= 15 is 0 Å². The molecule has 1 aromatic heterocycles. The number of aromatic nitrogens is 1. The van der Waals surface area contributed by atoms with E-state index in [1.165, 1.54) is 19.3 Å². The number of esters is 1. The van der Waals surface area contributed by atoms with Crippen LogP contribution in [0.1, 0.15) is 64.5 Å². The second-order valence-corrected chi connectivity index (χ2v) is 12.5. The number of hydrogen-bond donors (Lipinski definition) is 7. The number of carboxylic acids is 1. The normalized spacial score (nSPS) is 34.0. The molecule has 7 N–H and O–H groups in total. The molecule has 13 heteroatoms. The van der Waals surface area contributed by atoms with Crippen molar-refractivity contribution in [3.05, 3.63) is 46.6 Å². The minimum absolute atomic E-state index is 0.0274. The number of aliphatic hydroxyl groups excluding tert-OH is 4. The predicted octanol–water partition coefficient (Wildman–Crippen LogP) is -0.0686. The first-order chi connectivity index (χ1) is 21.8. The minimum atomic E-state index is -2.35. The van der Waals surface area contributed by atoms with E-state index in [1.807, 2.05) is 19.9 Å². The van der Waals surface area contributed by atoms with Crippen LogP contribution in [-0.2, 0) is 28.5 Å². The number of rotatable bonds is 13. The molecule has 0 bridgehead atoms. The standard InChI is InChI=1S/C33H47NO12/c1-6-20-22(14-27(38)39)21(29(40)43-5)10-11-24(20)45-33(17-37)32(42,7-2)30(41)31(26(16-36)46-33)15-19-13-23(18(3)4)34-28(19)25(44-31)9-8-12-35/h6,10,13,15,18,20,22,24,26,30,34-37,41-42H,1,7-9,11-12,14,16-17H2,2-5H3,(H,38,39). The lowest BCUT2D eigenvalue weighted by molar-refractivity contribution is -0.429. The highest BCUT2D eigenvalue weighted by atomic mass is 16.7. The van der Waals surface area contributed by atoms with E-state index in [-0.39, 0.29) is 37.4 Å². The first-order valence-corrected chi connectivity index (χ1v) is 15.7. The van der Waals surface area contributed by atoms with Crippen molar-refractivity contribution in [1.29, 1.82) is 0 Å². The fraction of sp³-hybridized carbons (Fsp3) is 0.636. The Hall–Kier alpha value is -3.04. The number of methoxy groups -OCH3 is 1. The highest BCUT2D eigenvalue weighted by Crippen LogP contribution is 2.51. The van der Waals surface area contributed by atoms with Crippen LogP contribution in [0.15, 0.2) is 30.4 Å². The third-order valence-electron chi connectivity index (χ3n) is 9.59. The first kappa shape index (κ1) is 35.8. The lowest BCUT2D eigenvalue weighted by Gasteiger charge is -2.60. The molecule has 0 amide bonds. The second kappa shape index (κ2) is 14.0. The number of carbonyl (C=O) groups is 2. The number of carboxylic acid groups (broad SMARTS) is 1. The summed E-state index contributed by atoms with van der Waals surface area (Å²) in [5.74, 6) is -5.42. The molecule has 0 aromatic carbocycles. The molecule has 3 heterocycles. The molecule has 1 aliphatic carbocycles. The van der Waals surface area contributed by atoms with Gasteiger partial charge in [0.1, 0.15) is 24.6 Å². The number of carbonyl (C=O) groups excluding carboxylic acids is 1. The van der Waals surface area contributed by atoms with Crippen LogP contribution in [0.25, 0.3) is 11.8 Å². The van der Waals surface area contributed by atoms with Crippen LogP contribution in [-0.4, -0.2) is 110 Å². The van der Waals surface area contributed by atoms with E-state index in [0.29, 0.717) is 22.7 Å². The van der Waals surface area contributed by atoms with Gasteiger partial charge in [0.25, 0.3) is 0 Å². The van der Waals surface area contributed by atoms with Crippen molar-refractivity contribution in [1.82, 2.24) is 4.98 Å². The Morgan fingerprint density at radius 2 is 1.98 bits per heavy atom. The Morgan fingerprint density at radius 1 is 1.26 bits per heavy atom. The summed E-state index contributed by atoms with van der Waals surface area (Å²) in [6, 6.07) is 1.89. The zero-order chi connectivity index (χ0) is 34.0. The topological polar surface area (TPSA) is 208 Å². The quantitative estimate of drug-likeness (QED) is 0.111. The third kappa shape index (κ3) is 5.94. The Kier molecular flexibility index (Phi) is 10.9. The van der Waals surface area contributed by atoms with Crippen molar-refractivity contribution in [3.8, 4) is 0 Å². The van der Waals surface area contributed by atoms with Gasteiger partial charge in [-0.25, -0.2) is 4.79 Å². The van der Waals surface area contributed by atoms with Crippen molar-refractivity contribution in [2.75, 3.05) is 26.9 Å². The lowest BCUT2D eigenvalue weighted by Crippen LogP contribution is -2.80. The van der Waals surface area contributed by atoms with Gasteiger partial charge in [0.15, 0.2) is 11.2 Å². The van der Waals surface area contributed by atoms with Gasteiger partial charge in [0, 0.05) is 41.3 Å². The van der Waals surface area contributed by atoms with E-state index in [0.717, 1.165) is 5.69 Å². The monoisotopic (exact) mass is 649 g/mol. The number of hydrogen-bond acceptors (Lipinski definition) is 11. The molecule has 256 valence electrons. The van der Waals surface area contributed by atoms with Gasteiger partial charge in [-0.2, -0.15) is 0 Å². The highest BCUT2D eigenvalue weighted by Gasteiger charge is 2.71. The second-order valence-electron chi connectivity index (χ2n) is 12.5. The summed E-state index contributed by atoms with van der Waals surface area (Å²) in [4.78, 5) is 27.7.